The Balaban J connectivity index is 0. The van der Waals surface area contributed by atoms with E-state index in [0.717, 1.165) is 6.26 Å². The molecule has 0 rings (SSSR count). The van der Waals surface area contributed by atoms with Crippen molar-refractivity contribution in [2.24, 2.45) is 0 Å². The molecule has 0 aliphatic heterocycles. The van der Waals surface area contributed by atoms with Crippen LogP contribution < -0.4 is 0 Å². The van der Waals surface area contributed by atoms with Gasteiger partial charge in [0.15, 0.2) is 0 Å². The molecular weight excluding hydrogens is 219 g/mol. The molecule has 0 saturated heterocycles. The summed E-state index contributed by atoms with van der Waals surface area (Å²) in [6.07, 6.45) is 1.54. The van der Waals surface area contributed by atoms with Gasteiger partial charge in [0, 0.05) is 11.0 Å². The Morgan fingerprint density at radius 1 is 1.27 bits per heavy atom. The summed E-state index contributed by atoms with van der Waals surface area (Å²) >= 11 is 0. The Labute approximate surface area is 91.4 Å². The molecule has 0 aliphatic carbocycles. The lowest BCUT2D eigenvalue weighted by Crippen LogP contribution is -1.94. The van der Waals surface area contributed by atoms with Gasteiger partial charge in [0.25, 0.3) is 0 Å². The van der Waals surface area contributed by atoms with E-state index in [1.807, 2.05) is 0 Å². The normalized spacial score (nSPS) is 8.47. The van der Waals surface area contributed by atoms with E-state index in [2.05, 4.69) is 20.4 Å². The first-order valence-electron chi connectivity index (χ1n) is 4.65. The molecule has 5 nitrogen and oxygen atoms in total. The first-order valence-corrected chi connectivity index (χ1v) is 5.75. The van der Waals surface area contributed by atoms with Crippen LogP contribution in [0, 0.1) is 0 Å². The Hall–Kier alpha value is -0.770. The van der Waals surface area contributed by atoms with Gasteiger partial charge in [-0.05, 0) is 13.8 Å². The molecule has 15 heavy (non-hydrogen) atoms. The van der Waals surface area contributed by atoms with Crippen LogP contribution in [0.3, 0.4) is 0 Å². The molecule has 0 aliphatic rings. The van der Waals surface area contributed by atoms with E-state index in [4.69, 9.17) is 0 Å². The molecule has 0 heterocycles. The van der Waals surface area contributed by atoms with E-state index in [-0.39, 0.29) is 5.97 Å². The lowest BCUT2D eigenvalue weighted by molar-refractivity contribution is -0.137. The number of ether oxygens (including phenoxy) is 1. The zero-order valence-electron chi connectivity index (χ0n) is 9.39. The van der Waals surface area contributed by atoms with Crippen LogP contribution in [0.1, 0.15) is 27.2 Å². The maximum Gasteiger partial charge on any atom is 0.697 e. The van der Waals surface area contributed by atoms with E-state index in [1.54, 1.807) is 20.8 Å². The second-order valence-corrected chi connectivity index (χ2v) is 3.03. The molecule has 0 amide bonds. The third kappa shape index (κ3) is 15.9. The maximum atomic E-state index is 10.3. The topological polar surface area (TPSA) is 61.8 Å². The van der Waals surface area contributed by atoms with E-state index in [9.17, 15) is 9.36 Å². The van der Waals surface area contributed by atoms with Crippen molar-refractivity contribution in [1.82, 2.24) is 0 Å². The van der Waals surface area contributed by atoms with Gasteiger partial charge in [-0.1, -0.05) is 13.5 Å². The first kappa shape index (κ1) is 16.7. The average Bonchev–Trinajstić information content (AvgIpc) is 2.20. The van der Waals surface area contributed by atoms with Crippen LogP contribution in [0.5, 0.6) is 0 Å². The molecule has 0 unspecified atom stereocenters. The van der Waals surface area contributed by atoms with Crippen molar-refractivity contribution in [3.8, 4) is 0 Å². The Bertz CT molecular complexity index is 185. The molecule has 0 aromatic carbocycles. The Morgan fingerprint density at radius 3 is 1.93 bits per heavy atom. The van der Waals surface area contributed by atoms with Crippen LogP contribution in [-0.4, -0.2) is 19.2 Å². The molecule has 6 heteroatoms. The lowest BCUT2D eigenvalue weighted by atomic mass is 10.5. The van der Waals surface area contributed by atoms with Gasteiger partial charge >= 0.3 is 14.2 Å². The van der Waals surface area contributed by atoms with Crippen LogP contribution in [0.15, 0.2) is 12.8 Å². The van der Waals surface area contributed by atoms with E-state index < -0.39 is 8.25 Å². The molecule has 0 atom stereocenters. The molecule has 0 radical (unpaired) electrons. The highest BCUT2D eigenvalue weighted by molar-refractivity contribution is 7.33. The largest absolute Gasteiger partial charge is 0.697 e. The molecule has 88 valence electrons. The molecule has 0 bridgehead atoms. The van der Waals surface area contributed by atoms with E-state index >= 15 is 0 Å². The van der Waals surface area contributed by atoms with Crippen molar-refractivity contribution in [3.63, 3.8) is 0 Å². The molecule has 0 saturated carbocycles. The molecule has 0 fully saturated rings. The first-order chi connectivity index (χ1) is 7.12. The second-order valence-electron chi connectivity index (χ2n) is 2.07. The van der Waals surface area contributed by atoms with Gasteiger partial charge in [0.1, 0.15) is 13.2 Å². The summed E-state index contributed by atoms with van der Waals surface area (Å²) in [6, 6.07) is 0. The second kappa shape index (κ2) is 13.2. The van der Waals surface area contributed by atoms with Crippen molar-refractivity contribution < 1.29 is 23.1 Å². The summed E-state index contributed by atoms with van der Waals surface area (Å²) in [7, 11) is -1.83. The summed E-state index contributed by atoms with van der Waals surface area (Å²) < 4.78 is 23.8. The van der Waals surface area contributed by atoms with Crippen LogP contribution in [0.25, 0.3) is 0 Å². The van der Waals surface area contributed by atoms with Crippen molar-refractivity contribution in [3.05, 3.63) is 12.8 Å². The molecular formula is C9H18O5P+. The quantitative estimate of drug-likeness (QED) is 0.404. The van der Waals surface area contributed by atoms with Gasteiger partial charge in [0.2, 0.25) is 0 Å². The molecule has 0 aromatic heterocycles. The fraction of sp³-hybridized carbons (Fsp3) is 0.667. The maximum absolute atomic E-state index is 10.3. The molecule has 0 N–H and O–H groups in total. The fourth-order valence-corrected chi connectivity index (χ4v) is 0.921. The summed E-state index contributed by atoms with van der Waals surface area (Å²) in [4.78, 5) is 10.1. The average molecular weight is 237 g/mol. The third-order valence-electron chi connectivity index (χ3n) is 0.972. The third-order valence-corrected chi connectivity index (χ3v) is 1.91. The van der Waals surface area contributed by atoms with Gasteiger partial charge in [-0.15, -0.1) is 9.05 Å². The molecule has 0 aromatic rings. The van der Waals surface area contributed by atoms with Crippen molar-refractivity contribution in [1.29, 1.82) is 0 Å². The zero-order chi connectivity index (χ0) is 12.1. The minimum absolute atomic E-state index is 0.241. The highest BCUT2D eigenvalue weighted by atomic mass is 31.1. The lowest BCUT2D eigenvalue weighted by Gasteiger charge is -1.88. The summed E-state index contributed by atoms with van der Waals surface area (Å²) in [5.74, 6) is -0.241. The van der Waals surface area contributed by atoms with Crippen LogP contribution in [0.2, 0.25) is 0 Å². The highest BCUT2D eigenvalue weighted by Crippen LogP contribution is 2.21. The minimum atomic E-state index is -1.83. The van der Waals surface area contributed by atoms with Crippen LogP contribution in [0.4, 0.5) is 0 Å². The zero-order valence-corrected chi connectivity index (χ0v) is 10.3. The number of carbonyl (C=O) groups is 1. The van der Waals surface area contributed by atoms with Crippen molar-refractivity contribution in [2.45, 2.75) is 27.2 Å². The fourth-order valence-electron chi connectivity index (χ4n) is 0.424. The number of hydrogen-bond donors (Lipinski definition) is 0. The van der Waals surface area contributed by atoms with Crippen LogP contribution >= 0.6 is 8.25 Å². The Kier molecular flexibility index (Phi) is 14.7. The van der Waals surface area contributed by atoms with E-state index in [1.165, 1.54) is 0 Å². The summed E-state index contributed by atoms with van der Waals surface area (Å²) in [5, 5.41) is 0. The number of hydrogen-bond acceptors (Lipinski definition) is 5. The standard InChI is InChI=1S/C5H8O2.C4H10O3P/c1-3-5(6)7-4-2;1-3-6-8(5)7-4-2/h4H,2-3H2,1H3;3-4H2,1-2H3/q;+1. The molecule has 0 spiro atoms. The number of rotatable bonds is 6. The number of esters is 1. The summed E-state index contributed by atoms with van der Waals surface area (Å²) in [6.45, 7) is 9.35. The smallest absolute Gasteiger partial charge is 0.435 e. The van der Waals surface area contributed by atoms with Crippen LogP contribution in [-0.2, 0) is 23.1 Å². The number of carbonyl (C=O) groups excluding carboxylic acids is 1. The SMILES string of the molecule is C=COC(=O)CC.CCO[P+](=O)OCC. The van der Waals surface area contributed by atoms with Gasteiger partial charge in [0.05, 0.1) is 6.26 Å². The van der Waals surface area contributed by atoms with Gasteiger partial charge < -0.3 is 4.74 Å². The summed E-state index contributed by atoms with van der Waals surface area (Å²) in [5.41, 5.74) is 0. The van der Waals surface area contributed by atoms with E-state index in [0.29, 0.717) is 19.6 Å². The Morgan fingerprint density at radius 2 is 1.73 bits per heavy atom. The van der Waals surface area contributed by atoms with Gasteiger partial charge in [-0.2, -0.15) is 0 Å². The predicted octanol–water partition coefficient (Wildman–Crippen LogP) is 2.80. The monoisotopic (exact) mass is 237 g/mol. The van der Waals surface area contributed by atoms with Crippen molar-refractivity contribution >= 4 is 14.2 Å². The minimum Gasteiger partial charge on any atom is -0.435 e. The highest BCUT2D eigenvalue weighted by Gasteiger charge is 2.15. The van der Waals surface area contributed by atoms with Crippen molar-refractivity contribution in [2.75, 3.05) is 13.2 Å². The predicted molar refractivity (Wildman–Crippen MR) is 57.4 cm³/mol. The van der Waals surface area contributed by atoms with Gasteiger partial charge in [-0.25, -0.2) is 0 Å². The van der Waals surface area contributed by atoms with Gasteiger partial charge in [-0.3, -0.25) is 4.79 Å².